The van der Waals surface area contributed by atoms with E-state index in [2.05, 4.69) is 15.4 Å². The number of carbonyl (C=O) groups is 1. The van der Waals surface area contributed by atoms with Gasteiger partial charge in [-0.2, -0.15) is 5.10 Å². The van der Waals surface area contributed by atoms with Crippen LogP contribution < -0.4 is 5.32 Å². The van der Waals surface area contributed by atoms with E-state index < -0.39 is 0 Å². The molecule has 0 saturated carbocycles. The van der Waals surface area contributed by atoms with Crippen molar-refractivity contribution in [2.75, 3.05) is 0 Å². The molecule has 0 spiro atoms. The van der Waals surface area contributed by atoms with Crippen molar-refractivity contribution in [1.82, 2.24) is 29.5 Å². The SMILES string of the molecule is Cc1ccc(CNC(=O)c2nc(-c3ccnn3-c3ccc(C)cc3)n3ccncc23)cc1. The summed E-state index contributed by atoms with van der Waals surface area (Å²) in [4.78, 5) is 22.0. The minimum atomic E-state index is -0.247. The number of nitrogens with zero attached hydrogens (tertiary/aromatic N) is 5. The Morgan fingerprint density at radius 1 is 0.938 bits per heavy atom. The first-order valence-corrected chi connectivity index (χ1v) is 10.4. The van der Waals surface area contributed by atoms with Crippen LogP contribution in [0.3, 0.4) is 0 Å². The molecule has 1 N–H and O–H groups in total. The lowest BCUT2D eigenvalue weighted by molar-refractivity contribution is 0.0948. The van der Waals surface area contributed by atoms with Gasteiger partial charge in [0.2, 0.25) is 0 Å². The fraction of sp³-hybridized carbons (Fsp3) is 0.120. The van der Waals surface area contributed by atoms with E-state index in [1.54, 1.807) is 24.8 Å². The first kappa shape index (κ1) is 19.7. The summed E-state index contributed by atoms with van der Waals surface area (Å²) in [7, 11) is 0. The third kappa shape index (κ3) is 3.65. The van der Waals surface area contributed by atoms with Gasteiger partial charge in [-0.25, -0.2) is 9.67 Å². The predicted molar refractivity (Wildman–Crippen MR) is 123 cm³/mol. The van der Waals surface area contributed by atoms with Crippen LogP contribution >= 0.6 is 0 Å². The molecule has 0 aliphatic carbocycles. The molecule has 5 rings (SSSR count). The van der Waals surface area contributed by atoms with Gasteiger partial charge in [0.05, 0.1) is 23.6 Å². The molecule has 0 bridgehead atoms. The number of benzene rings is 2. The Bertz CT molecular complexity index is 1400. The number of fused-ring (bicyclic) bond motifs is 1. The zero-order valence-corrected chi connectivity index (χ0v) is 17.9. The van der Waals surface area contributed by atoms with Gasteiger partial charge in [0.1, 0.15) is 5.69 Å². The van der Waals surface area contributed by atoms with Crippen LogP contribution in [0.2, 0.25) is 0 Å². The highest BCUT2D eigenvalue weighted by Crippen LogP contribution is 2.25. The standard InChI is InChI=1S/C25H22N6O/c1-17-3-7-19(8-4-17)15-27-25(32)23-22-16-26-13-14-30(22)24(29-23)21-11-12-28-31(21)20-9-5-18(2)6-10-20/h3-14,16H,15H2,1-2H3,(H,27,32). The molecule has 0 aliphatic heterocycles. The Morgan fingerprint density at radius 3 is 2.41 bits per heavy atom. The number of aryl methyl sites for hydroxylation is 2. The maximum absolute atomic E-state index is 13.0. The van der Waals surface area contributed by atoms with E-state index in [0.29, 0.717) is 23.6 Å². The van der Waals surface area contributed by atoms with Crippen molar-refractivity contribution in [3.63, 3.8) is 0 Å². The number of imidazole rings is 1. The molecule has 158 valence electrons. The molecule has 0 unspecified atom stereocenters. The smallest absolute Gasteiger partial charge is 0.272 e. The Balaban J connectivity index is 1.51. The highest BCUT2D eigenvalue weighted by atomic mass is 16.1. The van der Waals surface area contributed by atoms with Gasteiger partial charge in [-0.3, -0.25) is 14.2 Å². The van der Waals surface area contributed by atoms with Gasteiger partial charge in [-0.05, 0) is 37.6 Å². The molecular weight excluding hydrogens is 400 g/mol. The van der Waals surface area contributed by atoms with Crippen LogP contribution in [0.1, 0.15) is 27.2 Å². The molecule has 5 aromatic rings. The van der Waals surface area contributed by atoms with Gasteiger partial charge in [0.25, 0.3) is 5.91 Å². The molecule has 7 heteroatoms. The molecule has 3 aromatic heterocycles. The number of hydrogen-bond donors (Lipinski definition) is 1. The lowest BCUT2D eigenvalue weighted by Gasteiger charge is -2.07. The van der Waals surface area contributed by atoms with E-state index >= 15 is 0 Å². The molecule has 0 fully saturated rings. The predicted octanol–water partition coefficient (Wildman–Crippen LogP) is 4.13. The Hall–Kier alpha value is -4.26. The van der Waals surface area contributed by atoms with Gasteiger partial charge < -0.3 is 5.32 Å². The average Bonchev–Trinajstić information content (AvgIpc) is 3.44. The molecule has 3 heterocycles. The average molecular weight is 422 g/mol. The van der Waals surface area contributed by atoms with Crippen LogP contribution in [0.4, 0.5) is 0 Å². The number of hydrogen-bond acceptors (Lipinski definition) is 4. The van der Waals surface area contributed by atoms with Crippen molar-refractivity contribution in [2.45, 2.75) is 20.4 Å². The minimum absolute atomic E-state index is 0.247. The van der Waals surface area contributed by atoms with Crippen LogP contribution in [0.25, 0.3) is 22.7 Å². The number of aromatic nitrogens is 5. The van der Waals surface area contributed by atoms with Crippen LogP contribution in [0.15, 0.2) is 79.4 Å². The van der Waals surface area contributed by atoms with Gasteiger partial charge in [-0.1, -0.05) is 47.5 Å². The highest BCUT2D eigenvalue weighted by Gasteiger charge is 2.21. The van der Waals surface area contributed by atoms with Crippen LogP contribution in [0.5, 0.6) is 0 Å². The summed E-state index contributed by atoms with van der Waals surface area (Å²) >= 11 is 0. The summed E-state index contributed by atoms with van der Waals surface area (Å²) in [5, 5.41) is 7.46. The molecular formula is C25H22N6O. The molecule has 7 nitrogen and oxygen atoms in total. The number of amides is 1. The van der Waals surface area contributed by atoms with E-state index in [0.717, 1.165) is 16.9 Å². The third-order valence-electron chi connectivity index (χ3n) is 5.39. The quantitative estimate of drug-likeness (QED) is 0.462. The van der Waals surface area contributed by atoms with Crippen molar-refractivity contribution in [3.05, 3.63) is 102 Å². The number of carbonyl (C=O) groups excluding carboxylic acids is 1. The molecule has 0 saturated heterocycles. The van der Waals surface area contributed by atoms with E-state index in [-0.39, 0.29) is 5.91 Å². The molecule has 32 heavy (non-hydrogen) atoms. The summed E-state index contributed by atoms with van der Waals surface area (Å²) in [5.74, 6) is 0.379. The van der Waals surface area contributed by atoms with Gasteiger partial charge in [0.15, 0.2) is 11.5 Å². The van der Waals surface area contributed by atoms with Gasteiger partial charge >= 0.3 is 0 Å². The van der Waals surface area contributed by atoms with E-state index in [4.69, 9.17) is 4.98 Å². The molecule has 0 aliphatic rings. The lowest BCUT2D eigenvalue weighted by atomic mass is 10.1. The van der Waals surface area contributed by atoms with E-state index in [9.17, 15) is 4.79 Å². The summed E-state index contributed by atoms with van der Waals surface area (Å²) in [6.07, 6.45) is 6.87. The fourth-order valence-corrected chi connectivity index (χ4v) is 3.62. The Morgan fingerprint density at radius 2 is 1.66 bits per heavy atom. The second kappa shape index (κ2) is 8.11. The Labute approximate surface area is 185 Å². The van der Waals surface area contributed by atoms with E-state index in [1.165, 1.54) is 11.1 Å². The maximum Gasteiger partial charge on any atom is 0.272 e. The first-order valence-electron chi connectivity index (χ1n) is 10.4. The molecule has 2 aromatic carbocycles. The fourth-order valence-electron chi connectivity index (χ4n) is 3.62. The van der Waals surface area contributed by atoms with Gasteiger partial charge in [0, 0.05) is 18.9 Å². The van der Waals surface area contributed by atoms with Crippen LogP contribution in [-0.4, -0.2) is 30.1 Å². The van der Waals surface area contributed by atoms with Crippen LogP contribution in [-0.2, 0) is 6.54 Å². The number of rotatable bonds is 5. The highest BCUT2D eigenvalue weighted by molar-refractivity contribution is 5.99. The maximum atomic E-state index is 13.0. The number of nitrogens with one attached hydrogen (secondary N) is 1. The summed E-state index contributed by atoms with van der Waals surface area (Å²) < 4.78 is 3.69. The normalized spacial score (nSPS) is 11.1. The van der Waals surface area contributed by atoms with Crippen LogP contribution in [0, 0.1) is 13.8 Å². The summed E-state index contributed by atoms with van der Waals surface area (Å²) in [6, 6.07) is 18.1. The van der Waals surface area contributed by atoms with Crippen molar-refractivity contribution >= 4 is 11.4 Å². The molecule has 1 amide bonds. The second-order valence-electron chi connectivity index (χ2n) is 7.75. The molecule has 0 radical (unpaired) electrons. The molecule has 0 atom stereocenters. The first-order chi connectivity index (χ1) is 15.6. The van der Waals surface area contributed by atoms with Crippen molar-refractivity contribution in [2.24, 2.45) is 0 Å². The zero-order chi connectivity index (χ0) is 22.1. The minimum Gasteiger partial charge on any atom is -0.347 e. The largest absolute Gasteiger partial charge is 0.347 e. The third-order valence-corrected chi connectivity index (χ3v) is 5.39. The zero-order valence-electron chi connectivity index (χ0n) is 17.9. The van der Waals surface area contributed by atoms with Crippen molar-refractivity contribution < 1.29 is 4.79 Å². The van der Waals surface area contributed by atoms with Gasteiger partial charge in [-0.15, -0.1) is 0 Å². The van der Waals surface area contributed by atoms with Crippen molar-refractivity contribution in [3.8, 4) is 17.2 Å². The lowest BCUT2D eigenvalue weighted by Crippen LogP contribution is -2.23. The van der Waals surface area contributed by atoms with Crippen molar-refractivity contribution in [1.29, 1.82) is 0 Å². The second-order valence-corrected chi connectivity index (χ2v) is 7.75. The summed E-state index contributed by atoms with van der Waals surface area (Å²) in [5.41, 5.74) is 6.06. The monoisotopic (exact) mass is 422 g/mol. The Kier molecular flexibility index (Phi) is 4.99. The topological polar surface area (TPSA) is 77.1 Å². The summed E-state index contributed by atoms with van der Waals surface area (Å²) in [6.45, 7) is 4.51. The van der Waals surface area contributed by atoms with E-state index in [1.807, 2.05) is 77.5 Å².